The van der Waals surface area contributed by atoms with Gasteiger partial charge in [-0.1, -0.05) is 6.42 Å². The largest absolute Gasteiger partial charge is 0.332 e. The van der Waals surface area contributed by atoms with E-state index in [0.29, 0.717) is 34.3 Å². The Morgan fingerprint density at radius 2 is 1.44 bits per heavy atom. The first-order valence-electron chi connectivity index (χ1n) is 8.67. The molecule has 1 aliphatic rings. The van der Waals surface area contributed by atoms with Crippen LogP contribution in [0.15, 0.2) is 53.4 Å². The molecule has 3 rings (SSSR count). The lowest BCUT2D eigenvalue weighted by molar-refractivity contribution is 0.346. The summed E-state index contributed by atoms with van der Waals surface area (Å²) in [6.45, 7) is 1.17. The summed E-state index contributed by atoms with van der Waals surface area (Å²) in [6.07, 6.45) is 2.90. The maximum Gasteiger partial charge on any atom is 0.243 e. The van der Waals surface area contributed by atoms with Crippen molar-refractivity contribution in [3.63, 3.8) is 0 Å². The molecule has 0 spiro atoms. The fourth-order valence-corrected chi connectivity index (χ4v) is 4.64. The summed E-state index contributed by atoms with van der Waals surface area (Å²) < 4.78 is 26.9. The average molecular weight is 401 g/mol. The number of nitriles is 1. The molecule has 6 nitrogen and oxygen atoms in total. The molecule has 1 aliphatic heterocycles. The van der Waals surface area contributed by atoms with Crippen LogP contribution in [0.25, 0.3) is 0 Å². The Bertz CT molecular complexity index is 943. The van der Waals surface area contributed by atoms with Crippen LogP contribution in [0.1, 0.15) is 24.8 Å². The van der Waals surface area contributed by atoms with Crippen molar-refractivity contribution in [2.24, 2.45) is 0 Å². The summed E-state index contributed by atoms with van der Waals surface area (Å²) in [7, 11) is -3.43. The van der Waals surface area contributed by atoms with E-state index < -0.39 is 10.0 Å². The summed E-state index contributed by atoms with van der Waals surface area (Å²) >= 11 is 5.27. The lowest BCUT2D eigenvalue weighted by atomic mass is 10.2. The van der Waals surface area contributed by atoms with Gasteiger partial charge in [0.2, 0.25) is 10.0 Å². The highest BCUT2D eigenvalue weighted by Gasteiger charge is 2.25. The molecule has 140 valence electrons. The van der Waals surface area contributed by atoms with Crippen LogP contribution in [0.4, 0.5) is 11.4 Å². The van der Waals surface area contributed by atoms with Gasteiger partial charge in [-0.25, -0.2) is 8.42 Å². The van der Waals surface area contributed by atoms with E-state index in [-0.39, 0.29) is 0 Å². The van der Waals surface area contributed by atoms with E-state index in [9.17, 15) is 8.42 Å². The summed E-state index contributed by atoms with van der Waals surface area (Å²) in [5.74, 6) is 0. The van der Waals surface area contributed by atoms with Crippen LogP contribution in [-0.2, 0) is 10.0 Å². The maximum atomic E-state index is 12.7. The molecule has 1 heterocycles. The topological polar surface area (TPSA) is 85.2 Å². The van der Waals surface area contributed by atoms with Crippen LogP contribution in [0.2, 0.25) is 0 Å². The van der Waals surface area contributed by atoms with Gasteiger partial charge < -0.3 is 10.6 Å². The summed E-state index contributed by atoms with van der Waals surface area (Å²) in [5.41, 5.74) is 2.03. The average Bonchev–Trinajstić information content (AvgIpc) is 2.69. The third kappa shape index (κ3) is 4.83. The number of sulfonamides is 1. The molecule has 1 fully saturated rings. The second kappa shape index (κ2) is 8.48. The zero-order valence-corrected chi connectivity index (χ0v) is 16.3. The Balaban J connectivity index is 1.63. The minimum Gasteiger partial charge on any atom is -0.332 e. The van der Waals surface area contributed by atoms with Crippen LogP contribution < -0.4 is 10.6 Å². The highest BCUT2D eigenvalue weighted by atomic mass is 32.2. The van der Waals surface area contributed by atoms with Crippen LogP contribution in [0.3, 0.4) is 0 Å². The van der Waals surface area contributed by atoms with Gasteiger partial charge in [0.25, 0.3) is 0 Å². The van der Waals surface area contributed by atoms with Gasteiger partial charge in [0.05, 0.1) is 16.5 Å². The Labute approximate surface area is 164 Å². The minimum atomic E-state index is -3.43. The maximum absolute atomic E-state index is 12.7. The van der Waals surface area contributed by atoms with E-state index in [4.69, 9.17) is 17.5 Å². The van der Waals surface area contributed by atoms with Gasteiger partial charge in [-0.2, -0.15) is 9.57 Å². The number of nitrogens with zero attached hydrogens (tertiary/aromatic N) is 2. The quantitative estimate of drug-likeness (QED) is 0.764. The van der Waals surface area contributed by atoms with E-state index in [2.05, 4.69) is 16.7 Å². The predicted molar refractivity (Wildman–Crippen MR) is 110 cm³/mol. The number of hydrogen-bond acceptors (Lipinski definition) is 4. The molecule has 27 heavy (non-hydrogen) atoms. The first kappa shape index (κ1) is 19.3. The molecule has 0 aromatic heterocycles. The van der Waals surface area contributed by atoms with Crippen molar-refractivity contribution in [1.82, 2.24) is 4.31 Å². The first-order chi connectivity index (χ1) is 13.0. The lowest BCUT2D eigenvalue weighted by Gasteiger charge is -2.25. The second-order valence-electron chi connectivity index (χ2n) is 6.26. The summed E-state index contributed by atoms with van der Waals surface area (Å²) in [5, 5.41) is 15.2. The molecular weight excluding hydrogens is 380 g/mol. The summed E-state index contributed by atoms with van der Waals surface area (Å²) in [6, 6.07) is 15.6. The van der Waals surface area contributed by atoms with Crippen molar-refractivity contribution in [2.45, 2.75) is 24.2 Å². The SMILES string of the molecule is N#Cc1ccc(NC(=S)Nc2ccc(S(=O)(=O)N3CCCCC3)cc2)cc1. The van der Waals surface area contributed by atoms with Crippen molar-refractivity contribution in [2.75, 3.05) is 23.7 Å². The van der Waals surface area contributed by atoms with Crippen LogP contribution in [0.5, 0.6) is 0 Å². The smallest absolute Gasteiger partial charge is 0.243 e. The highest BCUT2D eigenvalue weighted by molar-refractivity contribution is 7.89. The van der Waals surface area contributed by atoms with Crippen molar-refractivity contribution < 1.29 is 8.42 Å². The van der Waals surface area contributed by atoms with E-state index in [1.807, 2.05) is 0 Å². The van der Waals surface area contributed by atoms with Crippen molar-refractivity contribution in [3.05, 3.63) is 54.1 Å². The van der Waals surface area contributed by atoms with Crippen molar-refractivity contribution in [3.8, 4) is 6.07 Å². The number of nitrogens with one attached hydrogen (secondary N) is 2. The second-order valence-corrected chi connectivity index (χ2v) is 8.60. The van der Waals surface area contributed by atoms with E-state index in [1.54, 1.807) is 52.8 Å². The molecule has 2 aromatic rings. The fraction of sp³-hybridized carbons (Fsp3) is 0.263. The Kier molecular flexibility index (Phi) is 6.06. The number of benzene rings is 2. The zero-order valence-electron chi connectivity index (χ0n) is 14.7. The standard InChI is InChI=1S/C19H20N4O2S2/c20-14-15-4-6-16(7-5-15)21-19(26)22-17-8-10-18(11-9-17)27(24,25)23-12-2-1-3-13-23/h4-11H,1-3,12-13H2,(H2,21,22,26). The molecule has 8 heteroatoms. The van der Waals surface area contributed by atoms with Crippen LogP contribution in [0, 0.1) is 11.3 Å². The minimum absolute atomic E-state index is 0.293. The third-order valence-electron chi connectivity index (χ3n) is 4.34. The molecule has 0 atom stereocenters. The zero-order chi connectivity index (χ0) is 19.3. The molecule has 2 aromatic carbocycles. The van der Waals surface area contributed by atoms with E-state index in [0.717, 1.165) is 24.9 Å². The molecular formula is C19H20N4O2S2. The number of hydrogen-bond donors (Lipinski definition) is 2. The fourth-order valence-electron chi connectivity index (χ4n) is 2.89. The number of thiocarbonyl (C=S) groups is 1. The van der Waals surface area contributed by atoms with Gasteiger partial charge in [0, 0.05) is 24.5 Å². The molecule has 0 saturated carbocycles. The van der Waals surface area contributed by atoms with Gasteiger partial charge in [0.1, 0.15) is 0 Å². The Hall–Kier alpha value is -2.47. The van der Waals surface area contributed by atoms with Gasteiger partial charge in [-0.05, 0) is 73.6 Å². The molecule has 0 radical (unpaired) electrons. The van der Waals surface area contributed by atoms with E-state index >= 15 is 0 Å². The molecule has 0 aliphatic carbocycles. The van der Waals surface area contributed by atoms with Gasteiger partial charge >= 0.3 is 0 Å². The number of piperidine rings is 1. The predicted octanol–water partition coefficient (Wildman–Crippen LogP) is 3.54. The van der Waals surface area contributed by atoms with Crippen molar-refractivity contribution >= 4 is 38.7 Å². The van der Waals surface area contributed by atoms with Gasteiger partial charge in [-0.3, -0.25) is 0 Å². The summed E-state index contributed by atoms with van der Waals surface area (Å²) in [4.78, 5) is 0.293. The molecule has 0 unspecified atom stereocenters. The van der Waals surface area contributed by atoms with Gasteiger partial charge in [0.15, 0.2) is 5.11 Å². The first-order valence-corrected chi connectivity index (χ1v) is 10.5. The molecule has 1 saturated heterocycles. The monoisotopic (exact) mass is 400 g/mol. The van der Waals surface area contributed by atoms with Crippen LogP contribution >= 0.6 is 12.2 Å². The molecule has 2 N–H and O–H groups in total. The molecule has 0 amide bonds. The highest BCUT2D eigenvalue weighted by Crippen LogP contribution is 2.22. The van der Waals surface area contributed by atoms with Gasteiger partial charge in [-0.15, -0.1) is 0 Å². The molecule has 0 bridgehead atoms. The lowest BCUT2D eigenvalue weighted by Crippen LogP contribution is -2.35. The number of rotatable bonds is 4. The number of anilines is 2. The third-order valence-corrected chi connectivity index (χ3v) is 6.45. The van der Waals surface area contributed by atoms with Crippen molar-refractivity contribution in [1.29, 1.82) is 5.26 Å². The van der Waals surface area contributed by atoms with E-state index in [1.165, 1.54) is 0 Å². The Morgan fingerprint density at radius 3 is 1.96 bits per heavy atom. The van der Waals surface area contributed by atoms with Crippen LogP contribution in [-0.4, -0.2) is 30.9 Å². The normalized spacial score (nSPS) is 14.9. The Morgan fingerprint density at radius 1 is 0.926 bits per heavy atom.